The molecule has 0 bridgehead atoms. The number of fused-ring (bicyclic) bond motifs is 1. The van der Waals surface area contributed by atoms with Crippen LogP contribution in [-0.2, 0) is 22.1 Å². The van der Waals surface area contributed by atoms with Gasteiger partial charge in [0.15, 0.2) is 11.5 Å². The molecule has 2 aliphatic carbocycles. The van der Waals surface area contributed by atoms with E-state index in [-0.39, 0.29) is 41.9 Å². The second kappa shape index (κ2) is 13.0. The SMILES string of the molecule is CC1(C)CC(=O)c2c(C(F)(F)F)nn(-c3ccc(C(N)=O)c(NC4CCC(OC(=O)N5CCN(C(=O)OC(C)(C)C)CC5)CC4)c3)c2C1. The van der Waals surface area contributed by atoms with E-state index in [0.29, 0.717) is 57.5 Å². The lowest BCUT2D eigenvalue weighted by Gasteiger charge is -2.36. The van der Waals surface area contributed by atoms with E-state index < -0.39 is 52.3 Å². The first-order chi connectivity index (χ1) is 22.3. The molecule has 0 radical (unpaired) electrons. The molecule has 1 saturated heterocycles. The van der Waals surface area contributed by atoms with Crippen LogP contribution < -0.4 is 11.1 Å². The number of anilines is 1. The molecular formula is C33H43F3N6O6. The van der Waals surface area contributed by atoms with Gasteiger partial charge in [-0.05, 0) is 76.5 Å². The maximum Gasteiger partial charge on any atom is 0.435 e. The minimum atomic E-state index is -4.82. The number of alkyl halides is 3. The van der Waals surface area contributed by atoms with Crippen molar-refractivity contribution in [2.24, 2.45) is 11.1 Å². The monoisotopic (exact) mass is 676 g/mol. The number of aromatic nitrogens is 2. The number of halogens is 3. The lowest BCUT2D eigenvalue weighted by Crippen LogP contribution is -2.52. The van der Waals surface area contributed by atoms with Crippen LogP contribution in [0.2, 0.25) is 0 Å². The number of piperazine rings is 1. The van der Waals surface area contributed by atoms with Crippen molar-refractivity contribution in [2.45, 2.75) is 97.1 Å². The third kappa shape index (κ3) is 7.87. The summed E-state index contributed by atoms with van der Waals surface area (Å²) < 4.78 is 54.3. The zero-order valence-electron chi connectivity index (χ0n) is 27.9. The van der Waals surface area contributed by atoms with Gasteiger partial charge in [-0.2, -0.15) is 18.3 Å². The summed E-state index contributed by atoms with van der Waals surface area (Å²) in [5.41, 5.74) is 3.78. The summed E-state index contributed by atoms with van der Waals surface area (Å²) >= 11 is 0. The van der Waals surface area contributed by atoms with Crippen molar-refractivity contribution in [3.63, 3.8) is 0 Å². The Hall–Kier alpha value is -4.30. The highest BCUT2D eigenvalue weighted by Gasteiger charge is 2.45. The number of primary amides is 1. The number of nitrogens with one attached hydrogen (secondary N) is 1. The number of benzene rings is 1. The Kier molecular flexibility index (Phi) is 9.45. The van der Waals surface area contributed by atoms with Crippen molar-refractivity contribution in [2.75, 3.05) is 31.5 Å². The van der Waals surface area contributed by atoms with E-state index in [9.17, 15) is 32.3 Å². The number of amides is 3. The Morgan fingerprint density at radius 3 is 2.12 bits per heavy atom. The van der Waals surface area contributed by atoms with Crippen LogP contribution in [0.4, 0.5) is 28.4 Å². The molecule has 1 aromatic heterocycles. The van der Waals surface area contributed by atoms with Gasteiger partial charge in [-0.15, -0.1) is 0 Å². The molecule has 1 aliphatic heterocycles. The molecule has 0 atom stereocenters. The van der Waals surface area contributed by atoms with Gasteiger partial charge in [0.05, 0.1) is 22.5 Å². The largest absolute Gasteiger partial charge is 0.446 e. The van der Waals surface area contributed by atoms with Crippen LogP contribution in [0.25, 0.3) is 5.69 Å². The summed E-state index contributed by atoms with van der Waals surface area (Å²) in [6, 6.07) is 4.30. The lowest BCUT2D eigenvalue weighted by atomic mass is 9.75. The molecule has 15 heteroatoms. The second-order valence-electron chi connectivity index (χ2n) is 14.6. The van der Waals surface area contributed by atoms with Gasteiger partial charge >= 0.3 is 18.4 Å². The molecule has 3 aliphatic rings. The fraction of sp³-hybridized carbons (Fsp3) is 0.606. The molecular weight excluding hydrogens is 633 g/mol. The van der Waals surface area contributed by atoms with Gasteiger partial charge in [-0.3, -0.25) is 9.59 Å². The number of ketones is 1. The number of nitrogens with two attached hydrogens (primary N) is 1. The highest BCUT2D eigenvalue weighted by molar-refractivity contribution is 6.00. The number of ether oxygens (including phenoxy) is 2. The first kappa shape index (κ1) is 35.0. The standard InChI is InChI=1S/C33H43F3N6O6/c1-31(2,3)48-30(46)41-14-12-40(13-15-41)29(45)47-21-9-6-19(7-10-21)38-23-16-20(8-11-22(23)28(37)44)42-24-17-32(4,5)18-25(43)26(24)27(39-42)33(34,35)36/h8,11,16,19,21,38H,6-7,9-10,12-15,17-18H2,1-5H3,(H2,37,44). The van der Waals surface area contributed by atoms with Crippen LogP contribution in [0.3, 0.4) is 0 Å². The number of hydrogen-bond acceptors (Lipinski definition) is 8. The molecule has 0 spiro atoms. The van der Waals surface area contributed by atoms with Gasteiger partial charge < -0.3 is 30.3 Å². The zero-order valence-corrected chi connectivity index (χ0v) is 27.9. The smallest absolute Gasteiger partial charge is 0.435 e. The van der Waals surface area contributed by atoms with Crippen molar-refractivity contribution < 1.29 is 41.8 Å². The van der Waals surface area contributed by atoms with Crippen molar-refractivity contribution >= 4 is 29.6 Å². The molecule has 5 rings (SSSR count). The minimum Gasteiger partial charge on any atom is -0.446 e. The third-order valence-electron chi connectivity index (χ3n) is 8.82. The van der Waals surface area contributed by atoms with Crippen molar-refractivity contribution in [3.05, 3.63) is 40.7 Å². The molecule has 2 heterocycles. The molecule has 1 aromatic carbocycles. The summed E-state index contributed by atoms with van der Waals surface area (Å²) in [6.07, 6.45) is -3.55. The van der Waals surface area contributed by atoms with Crippen LogP contribution in [0.5, 0.6) is 0 Å². The number of Topliss-reactive ketones (excluding diaryl/α,β-unsaturated/α-hetero) is 1. The van der Waals surface area contributed by atoms with E-state index in [1.54, 1.807) is 30.6 Å². The van der Waals surface area contributed by atoms with E-state index in [1.165, 1.54) is 18.2 Å². The third-order valence-corrected chi connectivity index (χ3v) is 8.82. The van der Waals surface area contributed by atoms with Crippen LogP contribution in [0, 0.1) is 5.41 Å². The molecule has 2 aromatic rings. The molecule has 3 amide bonds. The fourth-order valence-electron chi connectivity index (χ4n) is 6.52. The van der Waals surface area contributed by atoms with Crippen LogP contribution in [0.1, 0.15) is 98.8 Å². The maximum absolute atomic E-state index is 14.0. The number of hydrogen-bond donors (Lipinski definition) is 2. The second-order valence-corrected chi connectivity index (χ2v) is 14.6. The number of nitrogens with zero attached hydrogens (tertiary/aromatic N) is 4. The van der Waals surface area contributed by atoms with Gasteiger partial charge in [0.1, 0.15) is 11.7 Å². The Morgan fingerprint density at radius 2 is 1.56 bits per heavy atom. The van der Waals surface area contributed by atoms with Gasteiger partial charge in [0.2, 0.25) is 0 Å². The summed E-state index contributed by atoms with van der Waals surface area (Å²) in [5, 5.41) is 7.18. The Bertz CT molecular complexity index is 1580. The summed E-state index contributed by atoms with van der Waals surface area (Å²) in [6.45, 7) is 10.4. The number of carbonyl (C=O) groups excluding carboxylic acids is 4. The average molecular weight is 677 g/mol. The van der Waals surface area contributed by atoms with Crippen LogP contribution >= 0.6 is 0 Å². The molecule has 0 unspecified atom stereocenters. The summed E-state index contributed by atoms with van der Waals surface area (Å²) in [7, 11) is 0. The average Bonchev–Trinajstić information content (AvgIpc) is 3.37. The Morgan fingerprint density at radius 1 is 0.958 bits per heavy atom. The minimum absolute atomic E-state index is 0.0229. The van der Waals surface area contributed by atoms with Crippen molar-refractivity contribution in [1.82, 2.24) is 19.6 Å². The first-order valence-electron chi connectivity index (χ1n) is 16.2. The van der Waals surface area contributed by atoms with Gasteiger partial charge in [-0.25, -0.2) is 14.3 Å². The highest BCUT2D eigenvalue weighted by atomic mass is 19.4. The highest BCUT2D eigenvalue weighted by Crippen LogP contribution is 2.42. The molecule has 262 valence electrons. The van der Waals surface area contributed by atoms with Crippen molar-refractivity contribution in [3.8, 4) is 5.69 Å². The van der Waals surface area contributed by atoms with E-state index in [0.717, 1.165) is 4.68 Å². The number of rotatable bonds is 5. The number of carbonyl (C=O) groups is 4. The van der Waals surface area contributed by atoms with E-state index in [1.807, 2.05) is 13.8 Å². The molecule has 3 N–H and O–H groups in total. The first-order valence-corrected chi connectivity index (χ1v) is 16.2. The quantitative estimate of drug-likeness (QED) is 0.418. The van der Waals surface area contributed by atoms with Gasteiger partial charge in [0, 0.05) is 44.3 Å². The summed E-state index contributed by atoms with van der Waals surface area (Å²) in [4.78, 5) is 53.5. The zero-order chi connectivity index (χ0) is 35.2. The maximum atomic E-state index is 14.0. The fourth-order valence-corrected chi connectivity index (χ4v) is 6.52. The Labute approximate surface area is 277 Å². The van der Waals surface area contributed by atoms with Gasteiger partial charge in [0.25, 0.3) is 5.91 Å². The molecule has 12 nitrogen and oxygen atoms in total. The predicted molar refractivity (Wildman–Crippen MR) is 169 cm³/mol. The Balaban J connectivity index is 1.24. The van der Waals surface area contributed by atoms with Crippen molar-refractivity contribution in [1.29, 1.82) is 0 Å². The molecule has 1 saturated carbocycles. The normalized spacial score (nSPS) is 21.4. The molecule has 48 heavy (non-hydrogen) atoms. The topological polar surface area (TPSA) is 149 Å². The van der Waals surface area contributed by atoms with E-state index in [4.69, 9.17) is 15.2 Å². The summed E-state index contributed by atoms with van der Waals surface area (Å²) in [5.74, 6) is -1.32. The molecule has 2 fully saturated rings. The van der Waals surface area contributed by atoms with Gasteiger partial charge in [-0.1, -0.05) is 13.8 Å². The van der Waals surface area contributed by atoms with Crippen LogP contribution in [-0.4, -0.2) is 87.4 Å². The van der Waals surface area contributed by atoms with E-state index in [2.05, 4.69) is 10.4 Å². The van der Waals surface area contributed by atoms with Crippen LogP contribution in [0.15, 0.2) is 18.2 Å². The predicted octanol–water partition coefficient (Wildman–Crippen LogP) is 5.56. The van der Waals surface area contributed by atoms with E-state index >= 15 is 0 Å². The lowest BCUT2D eigenvalue weighted by molar-refractivity contribution is -0.141.